The van der Waals surface area contributed by atoms with Crippen molar-refractivity contribution in [2.24, 2.45) is 5.92 Å². The molecule has 1 aromatic rings. The van der Waals surface area contributed by atoms with Gasteiger partial charge in [0.1, 0.15) is 0 Å². The zero-order chi connectivity index (χ0) is 10.7. The molecule has 2 heterocycles. The van der Waals surface area contributed by atoms with Crippen molar-refractivity contribution < 1.29 is 9.90 Å². The van der Waals surface area contributed by atoms with Gasteiger partial charge in [0.15, 0.2) is 0 Å². The molecule has 1 aromatic heterocycles. The summed E-state index contributed by atoms with van der Waals surface area (Å²) in [5.41, 5.74) is 0. The Kier molecular flexibility index (Phi) is 3.11. The number of hydrogen-bond donors (Lipinski definition) is 1. The van der Waals surface area contributed by atoms with Gasteiger partial charge in [0.2, 0.25) is 0 Å². The van der Waals surface area contributed by atoms with Gasteiger partial charge in [-0.1, -0.05) is 0 Å². The fourth-order valence-electron chi connectivity index (χ4n) is 1.48. The Bertz CT molecular complexity index is 339. The summed E-state index contributed by atoms with van der Waals surface area (Å²) in [4.78, 5) is 17.1. The number of carbonyl (C=O) groups is 1. The highest BCUT2D eigenvalue weighted by molar-refractivity contribution is 7.99. The van der Waals surface area contributed by atoms with E-state index in [1.54, 1.807) is 24.2 Å². The average molecular weight is 224 g/mol. The zero-order valence-electron chi connectivity index (χ0n) is 8.17. The number of pyridine rings is 1. The van der Waals surface area contributed by atoms with E-state index >= 15 is 0 Å². The molecule has 1 amide bonds. The SMILES string of the molecule is O=C(O)N1CC(CSc2ccncc2)C1. The van der Waals surface area contributed by atoms with Crippen molar-refractivity contribution in [1.29, 1.82) is 0 Å². The number of thioether (sulfide) groups is 1. The fourth-order valence-corrected chi connectivity index (χ4v) is 2.43. The van der Waals surface area contributed by atoms with E-state index < -0.39 is 6.09 Å². The van der Waals surface area contributed by atoms with Gasteiger partial charge in [-0.3, -0.25) is 4.98 Å². The first kappa shape index (κ1) is 10.3. The van der Waals surface area contributed by atoms with Gasteiger partial charge in [0.25, 0.3) is 0 Å². The summed E-state index contributed by atoms with van der Waals surface area (Å²) < 4.78 is 0. The Morgan fingerprint density at radius 2 is 2.20 bits per heavy atom. The van der Waals surface area contributed by atoms with E-state index in [-0.39, 0.29) is 0 Å². The van der Waals surface area contributed by atoms with E-state index in [2.05, 4.69) is 4.98 Å². The molecule has 0 saturated carbocycles. The van der Waals surface area contributed by atoms with E-state index in [0.29, 0.717) is 19.0 Å². The van der Waals surface area contributed by atoms with E-state index in [9.17, 15) is 4.79 Å². The normalized spacial score (nSPS) is 16.1. The predicted octanol–water partition coefficient (Wildman–Crippen LogP) is 1.78. The summed E-state index contributed by atoms with van der Waals surface area (Å²) in [6.07, 6.45) is 2.74. The molecule has 1 N–H and O–H groups in total. The quantitative estimate of drug-likeness (QED) is 0.795. The lowest BCUT2D eigenvalue weighted by Gasteiger charge is -2.36. The molecule has 0 unspecified atom stereocenters. The molecule has 1 aliphatic rings. The topological polar surface area (TPSA) is 53.4 Å². The average Bonchev–Trinajstić information content (AvgIpc) is 2.16. The van der Waals surface area contributed by atoms with Crippen LogP contribution in [0.4, 0.5) is 4.79 Å². The maximum atomic E-state index is 10.5. The van der Waals surface area contributed by atoms with Crippen LogP contribution in [0.3, 0.4) is 0 Å². The van der Waals surface area contributed by atoms with Gasteiger partial charge in [0, 0.05) is 42.0 Å². The van der Waals surface area contributed by atoms with Gasteiger partial charge in [-0.05, 0) is 12.1 Å². The summed E-state index contributed by atoms with van der Waals surface area (Å²) in [7, 11) is 0. The zero-order valence-corrected chi connectivity index (χ0v) is 8.98. The molecule has 0 aliphatic carbocycles. The number of rotatable bonds is 3. The van der Waals surface area contributed by atoms with Crippen molar-refractivity contribution >= 4 is 17.9 Å². The predicted molar refractivity (Wildman–Crippen MR) is 58.0 cm³/mol. The molecule has 0 atom stereocenters. The van der Waals surface area contributed by atoms with E-state index in [4.69, 9.17) is 5.11 Å². The van der Waals surface area contributed by atoms with E-state index in [1.807, 2.05) is 12.1 Å². The number of aromatic nitrogens is 1. The molecule has 0 aromatic carbocycles. The maximum Gasteiger partial charge on any atom is 0.407 e. The lowest BCUT2D eigenvalue weighted by atomic mass is 10.0. The first-order chi connectivity index (χ1) is 7.25. The highest BCUT2D eigenvalue weighted by Crippen LogP contribution is 2.25. The molecule has 4 nitrogen and oxygen atoms in total. The Hall–Kier alpha value is -1.23. The summed E-state index contributed by atoms with van der Waals surface area (Å²) in [5, 5.41) is 8.65. The van der Waals surface area contributed by atoms with Gasteiger partial charge in [0.05, 0.1) is 0 Å². The van der Waals surface area contributed by atoms with Crippen LogP contribution >= 0.6 is 11.8 Å². The van der Waals surface area contributed by atoms with Crippen LogP contribution in [0.5, 0.6) is 0 Å². The minimum atomic E-state index is -0.805. The van der Waals surface area contributed by atoms with Crippen molar-refractivity contribution in [3.63, 3.8) is 0 Å². The Balaban J connectivity index is 1.71. The highest BCUT2D eigenvalue weighted by atomic mass is 32.2. The Labute approximate surface area is 92.3 Å². The van der Waals surface area contributed by atoms with Crippen molar-refractivity contribution in [3.8, 4) is 0 Å². The second-order valence-electron chi connectivity index (χ2n) is 3.55. The highest BCUT2D eigenvalue weighted by Gasteiger charge is 2.29. The van der Waals surface area contributed by atoms with Crippen LogP contribution in [-0.4, -0.2) is 39.9 Å². The van der Waals surface area contributed by atoms with Gasteiger partial charge in [-0.2, -0.15) is 0 Å². The molecule has 0 radical (unpaired) electrons. The monoisotopic (exact) mass is 224 g/mol. The Morgan fingerprint density at radius 1 is 1.53 bits per heavy atom. The summed E-state index contributed by atoms with van der Waals surface area (Å²) in [6, 6.07) is 3.94. The standard InChI is InChI=1S/C10H12N2O2S/c13-10(14)12-5-8(6-12)7-15-9-1-3-11-4-2-9/h1-4,8H,5-7H2,(H,13,14). The van der Waals surface area contributed by atoms with E-state index in [1.165, 1.54) is 9.80 Å². The Morgan fingerprint density at radius 3 is 2.80 bits per heavy atom. The number of nitrogens with zero attached hydrogens (tertiary/aromatic N) is 2. The largest absolute Gasteiger partial charge is 0.465 e. The molecule has 80 valence electrons. The third-order valence-electron chi connectivity index (χ3n) is 2.36. The molecule has 1 saturated heterocycles. The maximum absolute atomic E-state index is 10.5. The van der Waals surface area contributed by atoms with Crippen LogP contribution < -0.4 is 0 Å². The van der Waals surface area contributed by atoms with Gasteiger partial charge in [-0.15, -0.1) is 11.8 Å². The lowest BCUT2D eigenvalue weighted by Crippen LogP contribution is -2.50. The summed E-state index contributed by atoms with van der Waals surface area (Å²) in [6.45, 7) is 1.35. The lowest BCUT2D eigenvalue weighted by molar-refractivity contribution is 0.0901. The number of carboxylic acid groups (broad SMARTS) is 1. The van der Waals surface area contributed by atoms with Crippen LogP contribution in [0.25, 0.3) is 0 Å². The van der Waals surface area contributed by atoms with Gasteiger partial charge in [-0.25, -0.2) is 4.79 Å². The van der Waals surface area contributed by atoms with Crippen LogP contribution in [0.2, 0.25) is 0 Å². The van der Waals surface area contributed by atoms with Crippen LogP contribution in [0.15, 0.2) is 29.4 Å². The van der Waals surface area contributed by atoms with Crippen LogP contribution in [-0.2, 0) is 0 Å². The molecular formula is C10H12N2O2S. The van der Waals surface area contributed by atoms with Crippen molar-refractivity contribution in [2.45, 2.75) is 4.90 Å². The van der Waals surface area contributed by atoms with E-state index in [0.717, 1.165) is 5.75 Å². The van der Waals surface area contributed by atoms with Crippen molar-refractivity contribution in [1.82, 2.24) is 9.88 Å². The molecule has 1 fully saturated rings. The first-order valence-corrected chi connectivity index (χ1v) is 5.75. The molecular weight excluding hydrogens is 212 g/mol. The summed E-state index contributed by atoms with van der Waals surface area (Å²) >= 11 is 1.76. The van der Waals surface area contributed by atoms with Gasteiger partial charge < -0.3 is 10.0 Å². The molecule has 0 spiro atoms. The van der Waals surface area contributed by atoms with Gasteiger partial charge >= 0.3 is 6.09 Å². The number of amides is 1. The van der Waals surface area contributed by atoms with Crippen LogP contribution in [0, 0.1) is 5.92 Å². The molecule has 15 heavy (non-hydrogen) atoms. The minimum absolute atomic E-state index is 0.499. The molecule has 0 bridgehead atoms. The van der Waals surface area contributed by atoms with Crippen LogP contribution in [0.1, 0.15) is 0 Å². The van der Waals surface area contributed by atoms with Crippen molar-refractivity contribution in [3.05, 3.63) is 24.5 Å². The number of likely N-dealkylation sites (tertiary alicyclic amines) is 1. The number of hydrogen-bond acceptors (Lipinski definition) is 3. The second kappa shape index (κ2) is 4.53. The summed E-state index contributed by atoms with van der Waals surface area (Å²) in [5.74, 6) is 1.48. The molecule has 2 rings (SSSR count). The molecule has 5 heteroatoms. The molecule has 1 aliphatic heterocycles. The minimum Gasteiger partial charge on any atom is -0.465 e. The third-order valence-corrected chi connectivity index (χ3v) is 3.61. The third kappa shape index (κ3) is 2.62. The first-order valence-electron chi connectivity index (χ1n) is 4.76. The fraction of sp³-hybridized carbons (Fsp3) is 0.400. The second-order valence-corrected chi connectivity index (χ2v) is 4.64. The van der Waals surface area contributed by atoms with Crippen molar-refractivity contribution in [2.75, 3.05) is 18.8 Å². The smallest absolute Gasteiger partial charge is 0.407 e.